The Hall–Kier alpha value is -3.92. The number of aromatic nitrogens is 3. The first-order chi connectivity index (χ1) is 16.5. The molecular weight excluding hydrogens is 469 g/mol. The van der Waals surface area contributed by atoms with Crippen LogP contribution >= 0.6 is 23.2 Å². The minimum atomic E-state index is -0.475. The van der Waals surface area contributed by atoms with Gasteiger partial charge in [0.15, 0.2) is 5.65 Å². The molecule has 0 spiro atoms. The van der Waals surface area contributed by atoms with Crippen molar-refractivity contribution in [2.75, 3.05) is 5.32 Å². The molecule has 6 nitrogen and oxygen atoms in total. The van der Waals surface area contributed by atoms with Gasteiger partial charge < -0.3 is 9.88 Å². The van der Waals surface area contributed by atoms with Gasteiger partial charge in [-0.05, 0) is 42.3 Å². The Morgan fingerprint density at radius 1 is 0.971 bits per heavy atom. The summed E-state index contributed by atoms with van der Waals surface area (Å²) in [5.74, 6) is -0.151. The standard InChI is InChI=1S/C26H17Cl2N5O/c27-17-10-11-20(28)18(14-17)26(34)32-24-19(15-29)23-25(31-22-9-5-4-8-21(22)30-23)33(24)13-12-16-6-2-1-3-7-16/h1-11,14H,12-13H2,(H,32,34). The molecule has 0 fully saturated rings. The van der Waals surface area contributed by atoms with Crippen LogP contribution < -0.4 is 5.32 Å². The summed E-state index contributed by atoms with van der Waals surface area (Å²) in [6.45, 7) is 0.480. The summed E-state index contributed by atoms with van der Waals surface area (Å²) >= 11 is 12.3. The number of amides is 1. The molecule has 166 valence electrons. The molecule has 0 aliphatic heterocycles. The SMILES string of the molecule is N#Cc1c(NC(=O)c2cc(Cl)ccc2Cl)n(CCc2ccccc2)c2nc3ccccc3nc12. The van der Waals surface area contributed by atoms with Crippen LogP contribution in [0.2, 0.25) is 10.0 Å². The summed E-state index contributed by atoms with van der Waals surface area (Å²) in [6.07, 6.45) is 0.671. The van der Waals surface area contributed by atoms with Crippen molar-refractivity contribution in [2.45, 2.75) is 13.0 Å². The first kappa shape index (κ1) is 21.9. The predicted octanol–water partition coefficient (Wildman–Crippen LogP) is 6.26. The molecule has 0 aliphatic carbocycles. The van der Waals surface area contributed by atoms with E-state index in [1.54, 1.807) is 12.1 Å². The van der Waals surface area contributed by atoms with Crippen LogP contribution in [0.5, 0.6) is 0 Å². The van der Waals surface area contributed by atoms with E-state index in [0.717, 1.165) is 5.56 Å². The number of carbonyl (C=O) groups is 1. The highest BCUT2D eigenvalue weighted by Gasteiger charge is 2.23. The molecule has 34 heavy (non-hydrogen) atoms. The van der Waals surface area contributed by atoms with Crippen LogP contribution in [0.4, 0.5) is 5.82 Å². The van der Waals surface area contributed by atoms with Crippen molar-refractivity contribution < 1.29 is 4.79 Å². The van der Waals surface area contributed by atoms with Crippen molar-refractivity contribution in [3.8, 4) is 6.07 Å². The molecule has 8 heteroatoms. The topological polar surface area (TPSA) is 83.6 Å². The van der Waals surface area contributed by atoms with Gasteiger partial charge in [-0.3, -0.25) is 4.79 Å². The number of benzene rings is 3. The number of hydrogen-bond donors (Lipinski definition) is 1. The van der Waals surface area contributed by atoms with Gasteiger partial charge in [0.25, 0.3) is 5.91 Å². The summed E-state index contributed by atoms with van der Waals surface area (Å²) in [7, 11) is 0. The quantitative estimate of drug-likeness (QED) is 0.318. The average molecular weight is 486 g/mol. The highest BCUT2D eigenvalue weighted by Crippen LogP contribution is 2.31. The molecular formula is C26H17Cl2N5O. The van der Waals surface area contributed by atoms with E-state index in [2.05, 4.69) is 11.4 Å². The molecule has 3 aromatic carbocycles. The number of nitrogens with zero attached hydrogens (tertiary/aromatic N) is 4. The van der Waals surface area contributed by atoms with Gasteiger partial charge in [-0.15, -0.1) is 0 Å². The predicted molar refractivity (Wildman–Crippen MR) is 134 cm³/mol. The fraction of sp³-hybridized carbons (Fsp3) is 0.0769. The van der Waals surface area contributed by atoms with Crippen LogP contribution in [0.15, 0.2) is 72.8 Å². The van der Waals surface area contributed by atoms with Gasteiger partial charge in [-0.2, -0.15) is 5.26 Å². The van der Waals surface area contributed by atoms with Crippen molar-refractivity contribution in [1.29, 1.82) is 5.26 Å². The zero-order valence-electron chi connectivity index (χ0n) is 17.8. The highest BCUT2D eigenvalue weighted by molar-refractivity contribution is 6.36. The second kappa shape index (κ2) is 9.14. The summed E-state index contributed by atoms with van der Waals surface area (Å²) in [6, 6.07) is 24.3. The summed E-state index contributed by atoms with van der Waals surface area (Å²) < 4.78 is 1.83. The molecule has 1 N–H and O–H groups in total. The lowest BCUT2D eigenvalue weighted by Crippen LogP contribution is -2.17. The number of hydrogen-bond acceptors (Lipinski definition) is 4. The maximum atomic E-state index is 13.2. The lowest BCUT2D eigenvalue weighted by atomic mass is 10.1. The van der Waals surface area contributed by atoms with Gasteiger partial charge in [0, 0.05) is 11.6 Å². The van der Waals surface area contributed by atoms with Gasteiger partial charge in [-0.25, -0.2) is 9.97 Å². The van der Waals surface area contributed by atoms with E-state index in [1.807, 2.05) is 59.2 Å². The van der Waals surface area contributed by atoms with Crippen molar-refractivity contribution in [1.82, 2.24) is 14.5 Å². The maximum absolute atomic E-state index is 13.2. The summed E-state index contributed by atoms with van der Waals surface area (Å²) in [5.41, 5.74) is 3.90. The van der Waals surface area contributed by atoms with E-state index in [0.29, 0.717) is 46.0 Å². The lowest BCUT2D eigenvalue weighted by Gasteiger charge is -2.13. The molecule has 0 bridgehead atoms. The number of carbonyl (C=O) groups excluding carboxylic acids is 1. The molecule has 0 atom stereocenters. The Morgan fingerprint density at radius 2 is 1.68 bits per heavy atom. The van der Waals surface area contributed by atoms with E-state index < -0.39 is 5.91 Å². The van der Waals surface area contributed by atoms with E-state index in [9.17, 15) is 10.1 Å². The molecule has 2 heterocycles. The van der Waals surface area contributed by atoms with Gasteiger partial charge in [0.2, 0.25) is 0 Å². The minimum absolute atomic E-state index is 0.212. The number of aryl methyl sites for hydroxylation is 2. The number of rotatable bonds is 5. The fourth-order valence-electron chi connectivity index (χ4n) is 3.89. The van der Waals surface area contributed by atoms with Crippen molar-refractivity contribution in [3.05, 3.63) is 99.5 Å². The monoisotopic (exact) mass is 485 g/mol. The Kier molecular flexibility index (Phi) is 5.89. The molecule has 0 aliphatic rings. The van der Waals surface area contributed by atoms with E-state index >= 15 is 0 Å². The number of anilines is 1. The van der Waals surface area contributed by atoms with Crippen molar-refractivity contribution in [2.24, 2.45) is 0 Å². The zero-order chi connectivity index (χ0) is 23.7. The first-order valence-corrected chi connectivity index (χ1v) is 11.3. The number of halogens is 2. The number of nitriles is 1. The largest absolute Gasteiger partial charge is 0.309 e. The second-order valence-electron chi connectivity index (χ2n) is 7.69. The molecule has 2 aromatic heterocycles. The van der Waals surface area contributed by atoms with E-state index in [1.165, 1.54) is 6.07 Å². The normalized spacial score (nSPS) is 11.0. The Bertz CT molecular complexity index is 1590. The van der Waals surface area contributed by atoms with E-state index in [-0.39, 0.29) is 16.1 Å². The molecule has 0 saturated carbocycles. The summed E-state index contributed by atoms with van der Waals surface area (Å²) in [4.78, 5) is 22.6. The van der Waals surface area contributed by atoms with Crippen LogP contribution in [0, 0.1) is 11.3 Å². The third-order valence-corrected chi connectivity index (χ3v) is 6.10. The van der Waals surface area contributed by atoms with Gasteiger partial charge in [0.1, 0.15) is 23.0 Å². The smallest absolute Gasteiger partial charge is 0.258 e. The molecule has 5 rings (SSSR count). The Balaban J connectivity index is 1.66. The van der Waals surface area contributed by atoms with Crippen molar-refractivity contribution >= 4 is 57.1 Å². The number of para-hydroxylation sites is 2. The second-order valence-corrected chi connectivity index (χ2v) is 8.53. The van der Waals surface area contributed by atoms with Gasteiger partial charge >= 0.3 is 0 Å². The summed E-state index contributed by atoms with van der Waals surface area (Å²) in [5, 5.41) is 13.6. The van der Waals surface area contributed by atoms with Crippen LogP contribution in [0.1, 0.15) is 21.5 Å². The molecule has 0 radical (unpaired) electrons. The third kappa shape index (κ3) is 4.08. The Morgan fingerprint density at radius 3 is 2.41 bits per heavy atom. The first-order valence-electron chi connectivity index (χ1n) is 10.5. The Labute approximate surface area is 205 Å². The molecule has 0 unspecified atom stereocenters. The number of nitrogens with one attached hydrogen (secondary N) is 1. The zero-order valence-corrected chi connectivity index (χ0v) is 19.3. The molecule has 5 aromatic rings. The average Bonchev–Trinajstić information content (AvgIpc) is 3.14. The van der Waals surface area contributed by atoms with Gasteiger partial charge in [-0.1, -0.05) is 65.7 Å². The van der Waals surface area contributed by atoms with Crippen LogP contribution in [-0.2, 0) is 13.0 Å². The van der Waals surface area contributed by atoms with Gasteiger partial charge in [0.05, 0.1) is 21.6 Å². The van der Waals surface area contributed by atoms with Crippen LogP contribution in [-0.4, -0.2) is 20.4 Å². The highest BCUT2D eigenvalue weighted by atomic mass is 35.5. The lowest BCUT2D eigenvalue weighted by molar-refractivity contribution is 0.102. The molecule has 0 saturated heterocycles. The minimum Gasteiger partial charge on any atom is -0.309 e. The van der Waals surface area contributed by atoms with Crippen LogP contribution in [0.25, 0.3) is 22.2 Å². The van der Waals surface area contributed by atoms with Crippen LogP contribution in [0.3, 0.4) is 0 Å². The van der Waals surface area contributed by atoms with Crippen molar-refractivity contribution in [3.63, 3.8) is 0 Å². The molecule has 1 amide bonds. The van der Waals surface area contributed by atoms with E-state index in [4.69, 9.17) is 33.2 Å². The third-order valence-electron chi connectivity index (χ3n) is 5.54. The fourth-order valence-corrected chi connectivity index (χ4v) is 4.26. The number of fused-ring (bicyclic) bond motifs is 2. The maximum Gasteiger partial charge on any atom is 0.258 e.